The Labute approximate surface area is 339 Å². The van der Waals surface area contributed by atoms with E-state index < -0.39 is 0 Å². The largest absolute Gasteiger partial charge is 0.308 e. The number of hydrogen-bond acceptors (Lipinski definition) is 2. The number of benzene rings is 8. The first-order valence-corrected chi connectivity index (χ1v) is 21.5. The fraction of sp³-hybridized carbons (Fsp3) is 0.164. The predicted molar refractivity (Wildman–Crippen MR) is 246 cm³/mol. The molecule has 276 valence electrons. The number of fused-ring (bicyclic) bond motifs is 7. The maximum absolute atomic E-state index is 2.53. The standard InChI is InChI=1S/C55H45NS/c1-55(2)48-25-9-6-19-42(48)43-34-31-39(35-49(43)55)36-29-32-40(33-30-36)56(51-27-14-24-47-45-21-8-11-28-52(45)57-54(47)51)50-26-10-7-20-44(50)46-23-13-18-38-17-12-22-41(53(38)46)37-15-4-3-5-16-37/h6-14,17-35,37H,3-5,15-16H2,1-2H3. The third-order valence-corrected chi connectivity index (χ3v) is 14.3. The Morgan fingerprint density at radius 2 is 1.16 bits per heavy atom. The molecule has 0 aliphatic heterocycles. The lowest BCUT2D eigenvalue weighted by Gasteiger charge is -2.29. The van der Waals surface area contributed by atoms with Crippen molar-refractivity contribution in [3.05, 3.63) is 187 Å². The Bertz CT molecular complexity index is 2970. The maximum atomic E-state index is 2.53. The van der Waals surface area contributed by atoms with E-state index in [1.54, 1.807) is 0 Å². The second kappa shape index (κ2) is 13.6. The molecule has 8 aromatic carbocycles. The molecule has 9 aromatic rings. The Balaban J connectivity index is 1.09. The summed E-state index contributed by atoms with van der Waals surface area (Å²) >= 11 is 1.90. The zero-order chi connectivity index (χ0) is 38.1. The summed E-state index contributed by atoms with van der Waals surface area (Å²) in [4.78, 5) is 2.53. The average Bonchev–Trinajstić information content (AvgIpc) is 3.76. The maximum Gasteiger partial charge on any atom is 0.0640 e. The van der Waals surface area contributed by atoms with Crippen molar-refractivity contribution in [2.45, 2.75) is 57.3 Å². The molecule has 0 radical (unpaired) electrons. The van der Waals surface area contributed by atoms with E-state index in [9.17, 15) is 0 Å². The summed E-state index contributed by atoms with van der Waals surface area (Å²) in [5.74, 6) is 0.602. The van der Waals surface area contributed by atoms with Gasteiger partial charge in [-0.2, -0.15) is 0 Å². The van der Waals surface area contributed by atoms with Crippen molar-refractivity contribution in [1.82, 2.24) is 0 Å². The molecule has 1 saturated carbocycles. The van der Waals surface area contributed by atoms with Gasteiger partial charge in [-0.3, -0.25) is 0 Å². The van der Waals surface area contributed by atoms with Crippen LogP contribution in [0, 0.1) is 0 Å². The first-order valence-electron chi connectivity index (χ1n) is 20.7. The molecule has 1 fully saturated rings. The van der Waals surface area contributed by atoms with Crippen LogP contribution < -0.4 is 4.90 Å². The lowest BCUT2D eigenvalue weighted by Crippen LogP contribution is -2.14. The van der Waals surface area contributed by atoms with E-state index in [2.05, 4.69) is 189 Å². The van der Waals surface area contributed by atoms with E-state index in [1.165, 1.54) is 124 Å². The van der Waals surface area contributed by atoms with Gasteiger partial charge in [-0.1, -0.05) is 167 Å². The van der Waals surface area contributed by atoms with E-state index in [4.69, 9.17) is 0 Å². The van der Waals surface area contributed by atoms with Crippen LogP contribution in [0.3, 0.4) is 0 Å². The smallest absolute Gasteiger partial charge is 0.0640 e. The molecule has 0 saturated heterocycles. The van der Waals surface area contributed by atoms with Gasteiger partial charge in [0.1, 0.15) is 0 Å². The average molecular weight is 752 g/mol. The molecule has 2 heteroatoms. The van der Waals surface area contributed by atoms with Crippen molar-refractivity contribution >= 4 is 59.3 Å². The van der Waals surface area contributed by atoms with Crippen molar-refractivity contribution in [3.63, 3.8) is 0 Å². The highest BCUT2D eigenvalue weighted by molar-refractivity contribution is 7.26. The Morgan fingerprint density at radius 3 is 2.02 bits per heavy atom. The Morgan fingerprint density at radius 1 is 0.509 bits per heavy atom. The summed E-state index contributed by atoms with van der Waals surface area (Å²) in [5, 5.41) is 5.36. The van der Waals surface area contributed by atoms with E-state index in [0.29, 0.717) is 5.92 Å². The molecule has 0 amide bonds. The topological polar surface area (TPSA) is 3.24 Å². The van der Waals surface area contributed by atoms with Gasteiger partial charge in [0.15, 0.2) is 0 Å². The lowest BCUT2D eigenvalue weighted by molar-refractivity contribution is 0.445. The van der Waals surface area contributed by atoms with Gasteiger partial charge in [0.05, 0.1) is 16.1 Å². The van der Waals surface area contributed by atoms with Gasteiger partial charge in [0.2, 0.25) is 0 Å². The number of hydrogen-bond donors (Lipinski definition) is 0. The van der Waals surface area contributed by atoms with E-state index >= 15 is 0 Å². The number of anilines is 3. The van der Waals surface area contributed by atoms with Crippen LogP contribution >= 0.6 is 11.3 Å². The monoisotopic (exact) mass is 751 g/mol. The van der Waals surface area contributed by atoms with Gasteiger partial charge in [-0.25, -0.2) is 0 Å². The van der Waals surface area contributed by atoms with Gasteiger partial charge < -0.3 is 4.90 Å². The molecule has 1 heterocycles. The molecule has 2 aliphatic carbocycles. The minimum Gasteiger partial charge on any atom is -0.308 e. The van der Waals surface area contributed by atoms with E-state index in [1.807, 2.05) is 11.3 Å². The van der Waals surface area contributed by atoms with Crippen LogP contribution in [0.15, 0.2) is 170 Å². The highest BCUT2D eigenvalue weighted by Gasteiger charge is 2.35. The van der Waals surface area contributed by atoms with Gasteiger partial charge >= 0.3 is 0 Å². The first kappa shape index (κ1) is 34.3. The molecule has 57 heavy (non-hydrogen) atoms. The molecule has 1 nitrogen and oxygen atoms in total. The van der Waals surface area contributed by atoms with Crippen LogP contribution in [-0.4, -0.2) is 0 Å². The number of thiophene rings is 1. The molecule has 0 N–H and O–H groups in total. The van der Waals surface area contributed by atoms with Crippen LogP contribution in [0.1, 0.15) is 68.6 Å². The quantitative estimate of drug-likeness (QED) is 0.164. The summed E-state index contributed by atoms with van der Waals surface area (Å²) in [6.07, 6.45) is 6.54. The minimum absolute atomic E-state index is 0.0379. The predicted octanol–water partition coefficient (Wildman–Crippen LogP) is 16.4. The highest BCUT2D eigenvalue weighted by atomic mass is 32.1. The molecule has 1 aromatic heterocycles. The van der Waals surface area contributed by atoms with Crippen molar-refractivity contribution in [3.8, 4) is 33.4 Å². The summed E-state index contributed by atoms with van der Waals surface area (Å²) in [5.41, 5.74) is 15.6. The molecule has 0 spiro atoms. The van der Waals surface area contributed by atoms with Crippen molar-refractivity contribution in [2.75, 3.05) is 4.90 Å². The normalized spacial score (nSPS) is 14.9. The molecular weight excluding hydrogens is 707 g/mol. The molecule has 0 atom stereocenters. The van der Waals surface area contributed by atoms with E-state index in [-0.39, 0.29) is 5.41 Å². The van der Waals surface area contributed by atoms with Crippen LogP contribution in [0.25, 0.3) is 64.3 Å². The molecule has 0 bridgehead atoms. The van der Waals surface area contributed by atoms with Crippen LogP contribution in [-0.2, 0) is 5.41 Å². The fourth-order valence-corrected chi connectivity index (χ4v) is 11.5. The SMILES string of the molecule is CC1(C)c2ccccc2-c2ccc(-c3ccc(N(c4ccccc4-c4cccc5cccc(C6CCCCC6)c45)c4cccc5c4sc4ccccc45)cc3)cc21. The lowest BCUT2D eigenvalue weighted by atomic mass is 9.80. The Hall–Kier alpha value is -5.96. The van der Waals surface area contributed by atoms with Gasteiger partial charge in [-0.15, -0.1) is 11.3 Å². The number of rotatable bonds is 6. The number of para-hydroxylation sites is 1. The minimum atomic E-state index is -0.0379. The fourth-order valence-electron chi connectivity index (χ4n) is 10.2. The second-order valence-electron chi connectivity index (χ2n) is 16.7. The molecule has 11 rings (SSSR count). The summed E-state index contributed by atoms with van der Waals surface area (Å²) in [6.45, 7) is 4.73. The summed E-state index contributed by atoms with van der Waals surface area (Å²) < 4.78 is 2.62. The third kappa shape index (κ3) is 5.57. The zero-order valence-corrected chi connectivity index (χ0v) is 33.5. The number of nitrogens with zero attached hydrogens (tertiary/aromatic N) is 1. The summed E-state index contributed by atoms with van der Waals surface area (Å²) in [6, 6.07) is 64.0. The van der Waals surface area contributed by atoms with Crippen molar-refractivity contribution in [1.29, 1.82) is 0 Å². The Kier molecular flexibility index (Phi) is 8.19. The third-order valence-electron chi connectivity index (χ3n) is 13.1. The molecule has 0 unspecified atom stereocenters. The molecular formula is C55H45NS. The van der Waals surface area contributed by atoms with Crippen LogP contribution in [0.5, 0.6) is 0 Å². The van der Waals surface area contributed by atoms with Gasteiger partial charge in [-0.05, 0) is 110 Å². The first-order chi connectivity index (χ1) is 28.0. The molecule has 2 aliphatic rings. The van der Waals surface area contributed by atoms with Crippen molar-refractivity contribution in [2.24, 2.45) is 0 Å². The van der Waals surface area contributed by atoms with Gasteiger partial charge in [0, 0.05) is 32.1 Å². The zero-order valence-electron chi connectivity index (χ0n) is 32.6. The van der Waals surface area contributed by atoms with Gasteiger partial charge in [0.25, 0.3) is 0 Å². The summed E-state index contributed by atoms with van der Waals surface area (Å²) in [7, 11) is 0. The van der Waals surface area contributed by atoms with E-state index in [0.717, 1.165) is 5.69 Å². The van der Waals surface area contributed by atoms with Crippen LogP contribution in [0.4, 0.5) is 17.1 Å². The van der Waals surface area contributed by atoms with Crippen molar-refractivity contribution < 1.29 is 0 Å². The highest BCUT2D eigenvalue weighted by Crippen LogP contribution is 2.51. The second-order valence-corrected chi connectivity index (χ2v) is 17.7. The van der Waals surface area contributed by atoms with Crippen LogP contribution in [0.2, 0.25) is 0 Å².